The second kappa shape index (κ2) is 9.88. The molecule has 1 heterocycles. The fourth-order valence-electron chi connectivity index (χ4n) is 3.75. The van der Waals surface area contributed by atoms with Gasteiger partial charge in [-0.3, -0.25) is 14.4 Å². The van der Waals surface area contributed by atoms with Crippen molar-refractivity contribution < 1.29 is 19.1 Å². The van der Waals surface area contributed by atoms with E-state index in [0.29, 0.717) is 22.0 Å². The van der Waals surface area contributed by atoms with E-state index >= 15 is 0 Å². The van der Waals surface area contributed by atoms with Crippen molar-refractivity contribution in [3.8, 4) is 5.75 Å². The Morgan fingerprint density at radius 2 is 1.67 bits per heavy atom. The Balaban J connectivity index is 1.60. The summed E-state index contributed by atoms with van der Waals surface area (Å²) < 4.78 is 5.63. The highest BCUT2D eigenvalue weighted by Gasteiger charge is 2.44. The summed E-state index contributed by atoms with van der Waals surface area (Å²) in [6.07, 6.45) is -0.103. The molecule has 3 aromatic carbocycles. The number of carbonyl (C=O) groups is 3. The highest BCUT2D eigenvalue weighted by Crippen LogP contribution is 2.28. The van der Waals surface area contributed by atoms with Crippen molar-refractivity contribution >= 4 is 35.0 Å². The Bertz CT molecular complexity index is 1160. The van der Waals surface area contributed by atoms with Crippen LogP contribution in [0.3, 0.4) is 0 Å². The molecule has 0 bridgehead atoms. The number of amides is 3. The lowest BCUT2D eigenvalue weighted by Crippen LogP contribution is -2.46. The van der Waals surface area contributed by atoms with Crippen molar-refractivity contribution in [2.45, 2.75) is 25.9 Å². The van der Waals surface area contributed by atoms with Gasteiger partial charge in [-0.1, -0.05) is 65.7 Å². The largest absolute Gasteiger partial charge is 0.484 e. The molecule has 1 unspecified atom stereocenters. The highest BCUT2D eigenvalue weighted by atomic mass is 35.5. The molecule has 3 aromatic rings. The maximum absolute atomic E-state index is 13.3. The van der Waals surface area contributed by atoms with Crippen molar-refractivity contribution in [2.24, 2.45) is 0 Å². The maximum Gasteiger partial charge on any atom is 0.261 e. The number of rotatable bonds is 7. The monoisotopic (exact) mass is 462 g/mol. The molecule has 0 saturated carbocycles. The Kier molecular flexibility index (Phi) is 6.75. The molecule has 7 heteroatoms. The number of hydrogen-bond acceptors (Lipinski definition) is 4. The fourth-order valence-corrected chi connectivity index (χ4v) is 3.95. The minimum Gasteiger partial charge on any atom is -0.484 e. The number of hydrogen-bond donors (Lipinski definition) is 0. The highest BCUT2D eigenvalue weighted by molar-refractivity contribution is 6.31. The zero-order valence-electron chi connectivity index (χ0n) is 18.1. The minimum absolute atomic E-state index is 0.0854. The van der Waals surface area contributed by atoms with Gasteiger partial charge in [0, 0.05) is 11.6 Å². The van der Waals surface area contributed by atoms with E-state index in [1.165, 1.54) is 4.90 Å². The average Bonchev–Trinajstić information content (AvgIpc) is 3.11. The van der Waals surface area contributed by atoms with Crippen LogP contribution in [0.5, 0.6) is 5.75 Å². The summed E-state index contributed by atoms with van der Waals surface area (Å²) >= 11 is 6.33. The Morgan fingerprint density at radius 3 is 2.36 bits per heavy atom. The van der Waals surface area contributed by atoms with E-state index < -0.39 is 17.9 Å². The smallest absolute Gasteiger partial charge is 0.261 e. The molecule has 0 aromatic heterocycles. The molecule has 0 aliphatic carbocycles. The first-order chi connectivity index (χ1) is 15.9. The van der Waals surface area contributed by atoms with E-state index in [1.807, 2.05) is 31.2 Å². The van der Waals surface area contributed by atoms with Crippen LogP contribution in [0, 0.1) is 6.92 Å². The number of anilines is 1. The molecule has 3 amide bonds. The van der Waals surface area contributed by atoms with Crippen LogP contribution >= 0.6 is 11.6 Å². The van der Waals surface area contributed by atoms with Crippen molar-refractivity contribution in [1.29, 1.82) is 0 Å². The van der Waals surface area contributed by atoms with E-state index in [1.54, 1.807) is 54.6 Å². The topological polar surface area (TPSA) is 66.9 Å². The van der Waals surface area contributed by atoms with E-state index in [2.05, 4.69) is 0 Å². The van der Waals surface area contributed by atoms with Crippen LogP contribution in [0.25, 0.3) is 0 Å². The van der Waals surface area contributed by atoms with Crippen LogP contribution in [-0.2, 0) is 20.9 Å². The number of carbonyl (C=O) groups excluding carboxylic acids is 3. The number of para-hydroxylation sites is 1. The van der Waals surface area contributed by atoms with E-state index in [-0.39, 0.29) is 25.5 Å². The second-order valence-corrected chi connectivity index (χ2v) is 8.24. The van der Waals surface area contributed by atoms with Crippen molar-refractivity contribution in [3.05, 3.63) is 95.0 Å². The predicted octanol–water partition coefficient (Wildman–Crippen LogP) is 4.39. The van der Waals surface area contributed by atoms with Crippen LogP contribution in [0.2, 0.25) is 5.02 Å². The lowest BCUT2D eigenvalue weighted by molar-refractivity contribution is -0.140. The number of aryl methyl sites for hydroxylation is 1. The lowest BCUT2D eigenvalue weighted by Gasteiger charge is -2.28. The molecule has 1 saturated heterocycles. The Hall–Kier alpha value is -3.64. The van der Waals surface area contributed by atoms with Crippen LogP contribution in [-0.4, -0.2) is 35.3 Å². The normalized spacial score (nSPS) is 15.6. The minimum atomic E-state index is -0.943. The van der Waals surface area contributed by atoms with Crippen LogP contribution in [0.15, 0.2) is 78.9 Å². The van der Waals surface area contributed by atoms with Crippen molar-refractivity contribution in [2.75, 3.05) is 11.5 Å². The molecule has 0 N–H and O–H groups in total. The first-order valence-electron chi connectivity index (χ1n) is 10.6. The molecule has 4 rings (SSSR count). The number of nitrogens with zero attached hydrogens (tertiary/aromatic N) is 2. The van der Waals surface area contributed by atoms with Gasteiger partial charge in [0.15, 0.2) is 6.61 Å². The van der Waals surface area contributed by atoms with Gasteiger partial charge in [0.05, 0.1) is 12.1 Å². The molecule has 6 nitrogen and oxygen atoms in total. The molecule has 1 atom stereocenters. The lowest BCUT2D eigenvalue weighted by atomic mass is 10.1. The van der Waals surface area contributed by atoms with Gasteiger partial charge in [0.25, 0.3) is 11.8 Å². The number of benzene rings is 3. The van der Waals surface area contributed by atoms with Gasteiger partial charge in [-0.2, -0.15) is 0 Å². The molecule has 168 valence electrons. The summed E-state index contributed by atoms with van der Waals surface area (Å²) in [7, 11) is 0. The van der Waals surface area contributed by atoms with Crippen molar-refractivity contribution in [1.82, 2.24) is 4.90 Å². The van der Waals surface area contributed by atoms with E-state index in [4.69, 9.17) is 16.3 Å². The zero-order chi connectivity index (χ0) is 23.4. The van der Waals surface area contributed by atoms with Crippen LogP contribution in [0.1, 0.15) is 17.5 Å². The molecule has 33 heavy (non-hydrogen) atoms. The predicted molar refractivity (Wildman–Crippen MR) is 126 cm³/mol. The van der Waals surface area contributed by atoms with Gasteiger partial charge in [-0.05, 0) is 42.8 Å². The summed E-state index contributed by atoms with van der Waals surface area (Å²) in [6.45, 7) is 1.75. The SMILES string of the molecule is Cc1ccc(N2C(=O)CC(N(Cc3ccccc3Cl)C(=O)COc3ccccc3)C2=O)cc1. The third-order valence-electron chi connectivity index (χ3n) is 5.52. The molecule has 1 aliphatic rings. The number of imide groups is 1. The van der Waals surface area contributed by atoms with Crippen LogP contribution < -0.4 is 9.64 Å². The summed E-state index contributed by atoms with van der Waals surface area (Å²) in [5.74, 6) is -0.659. The van der Waals surface area contributed by atoms with Crippen molar-refractivity contribution in [3.63, 3.8) is 0 Å². The van der Waals surface area contributed by atoms with Gasteiger partial charge in [0.2, 0.25) is 5.91 Å². The average molecular weight is 463 g/mol. The second-order valence-electron chi connectivity index (χ2n) is 7.84. The third-order valence-corrected chi connectivity index (χ3v) is 5.88. The summed E-state index contributed by atoms with van der Waals surface area (Å²) in [5.41, 5.74) is 2.19. The van der Waals surface area contributed by atoms with Gasteiger partial charge < -0.3 is 9.64 Å². The third kappa shape index (κ3) is 5.07. The van der Waals surface area contributed by atoms with Gasteiger partial charge in [0.1, 0.15) is 11.8 Å². The molecule has 0 radical (unpaired) electrons. The summed E-state index contributed by atoms with van der Waals surface area (Å²) in [5, 5.41) is 0.478. The molecular formula is C26H23ClN2O4. The van der Waals surface area contributed by atoms with Crippen LogP contribution in [0.4, 0.5) is 5.69 Å². The van der Waals surface area contributed by atoms with E-state index in [9.17, 15) is 14.4 Å². The number of ether oxygens (including phenoxy) is 1. The summed E-state index contributed by atoms with van der Waals surface area (Å²) in [6, 6.07) is 22.3. The van der Waals surface area contributed by atoms with Gasteiger partial charge >= 0.3 is 0 Å². The Morgan fingerprint density at radius 1 is 1.00 bits per heavy atom. The fraction of sp³-hybridized carbons (Fsp3) is 0.192. The van der Waals surface area contributed by atoms with E-state index in [0.717, 1.165) is 10.5 Å². The summed E-state index contributed by atoms with van der Waals surface area (Å²) in [4.78, 5) is 41.9. The molecule has 1 aliphatic heterocycles. The Labute approximate surface area is 197 Å². The van der Waals surface area contributed by atoms with Gasteiger partial charge in [-0.15, -0.1) is 0 Å². The molecule has 0 spiro atoms. The zero-order valence-corrected chi connectivity index (χ0v) is 18.9. The van der Waals surface area contributed by atoms with Gasteiger partial charge in [-0.25, -0.2) is 4.90 Å². The quantitative estimate of drug-likeness (QED) is 0.488. The molecular weight excluding hydrogens is 440 g/mol. The first kappa shape index (κ1) is 22.6. The standard InChI is InChI=1S/C26H23ClN2O4/c1-18-11-13-20(14-12-18)29-24(30)15-23(26(29)32)28(16-19-7-5-6-10-22(19)27)25(31)17-33-21-8-3-2-4-9-21/h2-14,23H,15-17H2,1H3. The molecule has 1 fully saturated rings. The maximum atomic E-state index is 13.3. The number of halogens is 1. The first-order valence-corrected chi connectivity index (χ1v) is 11.0.